The van der Waals surface area contributed by atoms with E-state index in [9.17, 15) is 0 Å². The molecular formula is C18H17Cl2N3O. The van der Waals surface area contributed by atoms with Crippen molar-refractivity contribution in [3.8, 4) is 11.5 Å². The third-order valence-corrected chi connectivity index (χ3v) is 4.51. The third-order valence-electron chi connectivity index (χ3n) is 3.95. The minimum absolute atomic E-state index is 0.0850. The summed E-state index contributed by atoms with van der Waals surface area (Å²) in [5.41, 5.74) is 1.92. The molecule has 2 aromatic carbocycles. The predicted molar refractivity (Wildman–Crippen MR) is 96.1 cm³/mol. The molecule has 0 saturated carbocycles. The Morgan fingerprint density at radius 3 is 2.54 bits per heavy atom. The molecule has 1 heterocycles. The highest BCUT2D eigenvalue weighted by molar-refractivity contribution is 6.35. The van der Waals surface area contributed by atoms with Crippen LogP contribution in [-0.2, 0) is 6.54 Å². The van der Waals surface area contributed by atoms with Crippen molar-refractivity contribution in [2.45, 2.75) is 19.5 Å². The fraction of sp³-hybridized carbons (Fsp3) is 0.222. The van der Waals surface area contributed by atoms with Crippen molar-refractivity contribution in [2.24, 2.45) is 0 Å². The van der Waals surface area contributed by atoms with Gasteiger partial charge in [-0.15, -0.1) is 10.2 Å². The Bertz CT molecular complexity index is 820. The number of hydrogen-bond donors (Lipinski definition) is 0. The standard InChI is InChI=1S/C18H17Cl2N3O/c1-12(15-9-8-14(19)10-16(15)20)23(2)11-17-21-22-18(24-17)13-6-4-3-5-7-13/h3-10,12H,11H2,1-2H3/t12-/m0/s1. The van der Waals surface area contributed by atoms with Gasteiger partial charge in [-0.1, -0.05) is 47.5 Å². The highest BCUT2D eigenvalue weighted by Gasteiger charge is 2.18. The molecule has 0 aliphatic heterocycles. The van der Waals surface area contributed by atoms with Gasteiger partial charge in [-0.25, -0.2) is 0 Å². The molecule has 0 unspecified atom stereocenters. The van der Waals surface area contributed by atoms with E-state index in [2.05, 4.69) is 22.0 Å². The van der Waals surface area contributed by atoms with E-state index in [4.69, 9.17) is 27.6 Å². The van der Waals surface area contributed by atoms with Crippen LogP contribution in [0.1, 0.15) is 24.4 Å². The molecule has 0 saturated heterocycles. The van der Waals surface area contributed by atoms with Gasteiger partial charge in [-0.3, -0.25) is 4.90 Å². The van der Waals surface area contributed by atoms with Crippen LogP contribution in [0, 0.1) is 0 Å². The number of nitrogens with zero attached hydrogens (tertiary/aromatic N) is 3. The SMILES string of the molecule is C[C@@H](c1ccc(Cl)cc1Cl)N(C)Cc1nnc(-c2ccccc2)o1. The summed E-state index contributed by atoms with van der Waals surface area (Å²) in [7, 11) is 1.99. The van der Waals surface area contributed by atoms with Crippen molar-refractivity contribution in [3.63, 3.8) is 0 Å². The lowest BCUT2D eigenvalue weighted by Crippen LogP contribution is -2.22. The average molecular weight is 362 g/mol. The van der Waals surface area contributed by atoms with Gasteiger partial charge in [0.15, 0.2) is 0 Å². The lowest BCUT2D eigenvalue weighted by atomic mass is 10.1. The summed E-state index contributed by atoms with van der Waals surface area (Å²) >= 11 is 12.3. The summed E-state index contributed by atoms with van der Waals surface area (Å²) in [5.74, 6) is 1.09. The van der Waals surface area contributed by atoms with Gasteiger partial charge >= 0.3 is 0 Å². The first-order valence-corrected chi connectivity index (χ1v) is 8.33. The van der Waals surface area contributed by atoms with Gasteiger partial charge in [-0.2, -0.15) is 0 Å². The van der Waals surface area contributed by atoms with E-state index in [0.29, 0.717) is 28.4 Å². The molecule has 3 aromatic rings. The van der Waals surface area contributed by atoms with Crippen LogP contribution >= 0.6 is 23.2 Å². The van der Waals surface area contributed by atoms with Crippen LogP contribution < -0.4 is 0 Å². The van der Waals surface area contributed by atoms with E-state index in [-0.39, 0.29) is 6.04 Å². The predicted octanol–water partition coefficient (Wildman–Crippen LogP) is 5.24. The van der Waals surface area contributed by atoms with Gasteiger partial charge in [0.25, 0.3) is 0 Å². The number of halogens is 2. The molecule has 0 spiro atoms. The maximum absolute atomic E-state index is 6.29. The van der Waals surface area contributed by atoms with Crippen molar-refractivity contribution in [1.82, 2.24) is 15.1 Å². The second-order valence-electron chi connectivity index (χ2n) is 5.62. The monoisotopic (exact) mass is 361 g/mol. The molecule has 0 N–H and O–H groups in total. The smallest absolute Gasteiger partial charge is 0.247 e. The summed E-state index contributed by atoms with van der Waals surface area (Å²) in [6, 6.07) is 15.3. The number of benzene rings is 2. The molecule has 24 heavy (non-hydrogen) atoms. The lowest BCUT2D eigenvalue weighted by Gasteiger charge is -2.24. The third kappa shape index (κ3) is 3.78. The van der Waals surface area contributed by atoms with Crippen LogP contribution in [-0.4, -0.2) is 22.1 Å². The molecule has 6 heteroatoms. The van der Waals surface area contributed by atoms with Crippen LogP contribution in [0.15, 0.2) is 52.9 Å². The summed E-state index contributed by atoms with van der Waals surface area (Å²) in [4.78, 5) is 2.09. The van der Waals surface area contributed by atoms with Gasteiger partial charge in [0, 0.05) is 21.7 Å². The first-order chi connectivity index (χ1) is 11.5. The highest BCUT2D eigenvalue weighted by Crippen LogP contribution is 2.30. The van der Waals surface area contributed by atoms with E-state index in [1.165, 1.54) is 0 Å². The molecule has 4 nitrogen and oxygen atoms in total. The van der Waals surface area contributed by atoms with Gasteiger partial charge in [0.1, 0.15) is 0 Å². The Hall–Kier alpha value is -1.88. The molecule has 3 rings (SSSR count). The molecule has 0 fully saturated rings. The maximum Gasteiger partial charge on any atom is 0.247 e. The molecule has 0 bridgehead atoms. The Balaban J connectivity index is 1.73. The second kappa shape index (κ2) is 7.34. The molecular weight excluding hydrogens is 345 g/mol. The summed E-state index contributed by atoms with van der Waals surface area (Å²) in [6.07, 6.45) is 0. The van der Waals surface area contributed by atoms with Crippen molar-refractivity contribution in [1.29, 1.82) is 0 Å². The highest BCUT2D eigenvalue weighted by atomic mass is 35.5. The van der Waals surface area contributed by atoms with Gasteiger partial charge in [-0.05, 0) is 43.8 Å². The lowest BCUT2D eigenvalue weighted by molar-refractivity contribution is 0.228. The van der Waals surface area contributed by atoms with Gasteiger partial charge in [0.2, 0.25) is 11.8 Å². The molecule has 0 radical (unpaired) electrons. The summed E-state index contributed by atoms with van der Waals surface area (Å²) in [6.45, 7) is 2.60. The van der Waals surface area contributed by atoms with Crippen LogP contribution in [0.4, 0.5) is 0 Å². The van der Waals surface area contributed by atoms with Crippen LogP contribution in [0.3, 0.4) is 0 Å². The van der Waals surface area contributed by atoms with E-state index in [0.717, 1.165) is 11.1 Å². The van der Waals surface area contributed by atoms with E-state index >= 15 is 0 Å². The minimum Gasteiger partial charge on any atom is -0.419 e. The van der Waals surface area contributed by atoms with Crippen molar-refractivity contribution in [2.75, 3.05) is 7.05 Å². The van der Waals surface area contributed by atoms with Crippen molar-refractivity contribution >= 4 is 23.2 Å². The fourth-order valence-electron chi connectivity index (χ4n) is 2.44. The number of hydrogen-bond acceptors (Lipinski definition) is 4. The van der Waals surface area contributed by atoms with Crippen LogP contribution in [0.25, 0.3) is 11.5 Å². The van der Waals surface area contributed by atoms with Crippen LogP contribution in [0.5, 0.6) is 0 Å². The normalized spacial score (nSPS) is 12.5. The van der Waals surface area contributed by atoms with Gasteiger partial charge in [0.05, 0.1) is 6.54 Å². The zero-order valence-electron chi connectivity index (χ0n) is 13.4. The quantitative estimate of drug-likeness (QED) is 0.623. The van der Waals surface area contributed by atoms with Crippen molar-refractivity contribution in [3.05, 3.63) is 70.0 Å². The maximum atomic E-state index is 6.29. The fourth-order valence-corrected chi connectivity index (χ4v) is 3.01. The first-order valence-electron chi connectivity index (χ1n) is 7.57. The average Bonchev–Trinajstić information content (AvgIpc) is 3.03. The second-order valence-corrected chi connectivity index (χ2v) is 6.47. The molecule has 124 valence electrons. The summed E-state index contributed by atoms with van der Waals surface area (Å²) in [5, 5.41) is 9.52. The largest absolute Gasteiger partial charge is 0.419 e. The topological polar surface area (TPSA) is 42.2 Å². The van der Waals surface area contributed by atoms with E-state index < -0.39 is 0 Å². The Kier molecular flexibility index (Phi) is 5.19. The Morgan fingerprint density at radius 1 is 1.08 bits per heavy atom. The van der Waals surface area contributed by atoms with Gasteiger partial charge < -0.3 is 4.42 Å². The van der Waals surface area contributed by atoms with E-state index in [1.54, 1.807) is 6.07 Å². The zero-order chi connectivity index (χ0) is 17.1. The zero-order valence-corrected chi connectivity index (χ0v) is 14.9. The molecule has 0 amide bonds. The molecule has 1 aromatic heterocycles. The van der Waals surface area contributed by atoms with Crippen LogP contribution in [0.2, 0.25) is 10.0 Å². The molecule has 1 atom stereocenters. The number of rotatable bonds is 5. The molecule has 0 aliphatic carbocycles. The first kappa shape index (κ1) is 17.0. The molecule has 0 aliphatic rings. The van der Waals surface area contributed by atoms with E-state index in [1.807, 2.05) is 49.5 Å². The minimum atomic E-state index is 0.0850. The Labute approximate surface area is 151 Å². The number of aromatic nitrogens is 2. The van der Waals surface area contributed by atoms with Crippen molar-refractivity contribution < 1.29 is 4.42 Å². The Morgan fingerprint density at radius 2 is 1.83 bits per heavy atom. The summed E-state index contributed by atoms with van der Waals surface area (Å²) < 4.78 is 5.76.